The second-order valence-corrected chi connectivity index (χ2v) is 24.5. The van der Waals surface area contributed by atoms with Crippen molar-refractivity contribution in [1.82, 2.24) is 41.7 Å². The van der Waals surface area contributed by atoms with Crippen molar-refractivity contribution in [2.75, 3.05) is 86.5 Å². The molecule has 6 aliphatic rings. The molecule has 9 N–H and O–H groups in total. The lowest BCUT2D eigenvalue weighted by molar-refractivity contribution is -0.138. The number of hydrogen-bond acceptors (Lipinski definition) is 19. The van der Waals surface area contributed by atoms with Crippen molar-refractivity contribution in [3.05, 3.63) is 83.0 Å². The lowest BCUT2D eigenvalue weighted by Crippen LogP contribution is -2.61. The molecule has 4 saturated heterocycles. The number of rotatable bonds is 32. The van der Waals surface area contributed by atoms with Gasteiger partial charge < -0.3 is 75.6 Å². The van der Waals surface area contributed by atoms with E-state index in [0.717, 1.165) is 56.1 Å². The highest BCUT2D eigenvalue weighted by molar-refractivity contribution is 6.00. The fourth-order valence-electron chi connectivity index (χ4n) is 11.9. The molecule has 89 heavy (non-hydrogen) atoms. The minimum absolute atomic E-state index is 0.0179. The van der Waals surface area contributed by atoms with E-state index in [1.54, 1.807) is 48.2 Å². The van der Waals surface area contributed by atoms with E-state index < -0.39 is 113 Å². The number of allylic oxidation sites excluding steroid dienone is 2. The molecule has 0 radical (unpaired) electrons. The Labute approximate surface area is 519 Å². The van der Waals surface area contributed by atoms with Crippen LogP contribution < -0.4 is 41.4 Å². The van der Waals surface area contributed by atoms with Crippen LogP contribution >= 0.6 is 0 Å². The number of methoxy groups -OCH3 is 2. The summed E-state index contributed by atoms with van der Waals surface area (Å²) in [6, 6.07) is 4.86. The average molecular weight is 1240 g/mol. The molecule has 0 spiro atoms. The molecule has 6 amide bonds. The van der Waals surface area contributed by atoms with E-state index in [-0.39, 0.29) is 83.0 Å². The van der Waals surface area contributed by atoms with Crippen LogP contribution in [0.2, 0.25) is 0 Å². The van der Waals surface area contributed by atoms with Crippen molar-refractivity contribution in [1.29, 1.82) is 0 Å². The highest BCUT2D eigenvalue weighted by Gasteiger charge is 2.56. The summed E-state index contributed by atoms with van der Waals surface area (Å²) in [5.74, 6) is -4.26. The number of aliphatic hydroxyl groups is 3. The Kier molecular flexibility index (Phi) is 24.4. The maximum Gasteiger partial charge on any atom is 0.246 e. The van der Waals surface area contributed by atoms with Crippen molar-refractivity contribution in [3.63, 3.8) is 0 Å². The lowest BCUT2D eigenvalue weighted by atomic mass is 9.86. The third kappa shape index (κ3) is 19.4. The third-order valence-corrected chi connectivity index (χ3v) is 17.4. The molecular weight excluding hydrogens is 1150 g/mol. The van der Waals surface area contributed by atoms with Crippen LogP contribution in [0.5, 0.6) is 11.5 Å². The number of nitrogens with zero attached hydrogens (tertiary/aromatic N) is 2. The predicted molar refractivity (Wildman–Crippen MR) is 323 cm³/mol. The Balaban J connectivity index is 0.929. The first-order valence-electron chi connectivity index (χ1n) is 31.1. The van der Waals surface area contributed by atoms with E-state index in [9.17, 15) is 48.9 Å². The molecule has 0 aromatic heterocycles. The van der Waals surface area contributed by atoms with Crippen LogP contribution in [0.25, 0.3) is 0 Å². The van der Waals surface area contributed by atoms with Gasteiger partial charge in [-0.2, -0.15) is 0 Å². The zero-order valence-corrected chi connectivity index (χ0v) is 51.8. The summed E-state index contributed by atoms with van der Waals surface area (Å²) in [6.45, 7) is 6.68. The Morgan fingerprint density at radius 2 is 1.08 bits per heavy atom. The summed E-state index contributed by atoms with van der Waals surface area (Å²) < 4.78 is 33.7. The number of benzene rings is 2. The van der Waals surface area contributed by atoms with E-state index in [1.807, 2.05) is 4.90 Å². The van der Waals surface area contributed by atoms with Crippen LogP contribution in [0.4, 0.5) is 0 Å². The Hall–Kier alpha value is -6.68. The first kappa shape index (κ1) is 68.2. The number of hydrogen-bond donors (Lipinski definition) is 9. The standard InChI is InChI=1S/C64H90N8O17/c1-39(73)53(68-51(75)35-71-24-27-86-28-25-71)60(81)67-50(32-43-16-20-45(84-4)21-17-43)59(80)65-49(31-42-14-10-7-11-15-42)58(79)64(38-89-64)33-47-34-72(26-29-87-47)36-52(76)69-54(40(2)74)61(82)70-55(56(77)44-18-22-46(85-5)23-19-44)62(83)66-48(57(78)63(3)37-88-63)30-41-12-8-6-9-13-41/h12,14,16-23,39-40,47-50,53-56,73-74,77H,6-11,13,15,24-38H2,1-5H3,(H,65,80)(H,66,83)(H,67,81)(H,68,75)(H,69,76)(H,70,82). The number of epoxide rings is 2. The van der Waals surface area contributed by atoms with Gasteiger partial charge in [0.15, 0.2) is 17.2 Å². The minimum atomic E-state index is -1.72. The SMILES string of the molecule is COc1ccc(CC(NC(=O)C(NC(=O)CN2CCOCC2)C(C)O)C(=O)NC(CC2=CCCCC2)C(=O)C2(CC3CN(CC(=O)NC(C(=O)NC(C(=O)NC(CC4=CCCCC4)C(=O)C4(C)CO4)C(O)c4ccc(OC)cc4)C(C)O)CCO3)CO2)cc1. The van der Waals surface area contributed by atoms with Crippen molar-refractivity contribution in [2.24, 2.45) is 0 Å². The summed E-state index contributed by atoms with van der Waals surface area (Å²) in [7, 11) is 2.99. The van der Waals surface area contributed by atoms with Crippen LogP contribution in [-0.2, 0) is 63.7 Å². The zero-order valence-electron chi connectivity index (χ0n) is 51.8. The Bertz CT molecular complexity index is 2850. The van der Waals surface area contributed by atoms with Gasteiger partial charge in [-0.05, 0) is 120 Å². The third-order valence-electron chi connectivity index (χ3n) is 17.4. The number of Topliss-reactive ketones (excluding diaryl/α,β-unsaturated/α-hetero) is 2. The molecule has 488 valence electrons. The summed E-state index contributed by atoms with van der Waals surface area (Å²) in [5, 5.41) is 50.0. The van der Waals surface area contributed by atoms with E-state index in [1.165, 1.54) is 40.2 Å². The molecule has 8 rings (SSSR count). The van der Waals surface area contributed by atoms with Gasteiger partial charge >= 0.3 is 0 Å². The number of carbonyl (C=O) groups is 8. The molecule has 2 aromatic rings. The van der Waals surface area contributed by atoms with E-state index in [2.05, 4.69) is 44.1 Å². The first-order chi connectivity index (χ1) is 42.7. The average Bonchev–Trinajstić information content (AvgIpc) is 1.86. The minimum Gasteiger partial charge on any atom is -0.497 e. The summed E-state index contributed by atoms with van der Waals surface area (Å²) >= 11 is 0. The van der Waals surface area contributed by atoms with Crippen LogP contribution in [0.3, 0.4) is 0 Å². The number of ether oxygens (including phenoxy) is 6. The van der Waals surface area contributed by atoms with Crippen LogP contribution in [-0.4, -0.2) is 224 Å². The normalized spacial score (nSPS) is 24.2. The number of morpholine rings is 2. The van der Waals surface area contributed by atoms with Gasteiger partial charge in [0.1, 0.15) is 47.4 Å². The molecule has 2 aromatic carbocycles. The fraction of sp³-hybridized carbons (Fsp3) is 0.625. The smallest absolute Gasteiger partial charge is 0.246 e. The second kappa shape index (κ2) is 31.9. The van der Waals surface area contributed by atoms with Gasteiger partial charge in [-0.1, -0.05) is 47.6 Å². The molecule has 4 fully saturated rings. The molecule has 0 saturated carbocycles. The molecule has 25 nitrogen and oxygen atoms in total. The summed E-state index contributed by atoms with van der Waals surface area (Å²) in [4.78, 5) is 117. The Morgan fingerprint density at radius 3 is 1.60 bits per heavy atom. The fourth-order valence-corrected chi connectivity index (χ4v) is 11.9. The van der Waals surface area contributed by atoms with Crippen LogP contribution in [0.15, 0.2) is 71.8 Å². The quantitative estimate of drug-likeness (QED) is 0.0357. The van der Waals surface area contributed by atoms with Crippen LogP contribution in [0, 0.1) is 0 Å². The molecule has 4 heterocycles. The predicted octanol–water partition coefficient (Wildman–Crippen LogP) is 0.550. The van der Waals surface area contributed by atoms with Gasteiger partial charge in [0.25, 0.3) is 0 Å². The number of aliphatic hydroxyl groups excluding tert-OH is 3. The number of carbonyl (C=O) groups excluding carboxylic acids is 8. The van der Waals surface area contributed by atoms with Gasteiger partial charge in [-0.25, -0.2) is 0 Å². The Morgan fingerprint density at radius 1 is 0.584 bits per heavy atom. The molecule has 25 heteroatoms. The van der Waals surface area contributed by atoms with Gasteiger partial charge in [0, 0.05) is 39.0 Å². The van der Waals surface area contributed by atoms with Crippen LogP contribution in [0.1, 0.15) is 109 Å². The van der Waals surface area contributed by atoms with Gasteiger partial charge in [0.2, 0.25) is 35.4 Å². The van der Waals surface area contributed by atoms with Crippen molar-refractivity contribution < 1.29 is 82.1 Å². The van der Waals surface area contributed by atoms with Gasteiger partial charge in [0.05, 0.1) is 90.7 Å². The van der Waals surface area contributed by atoms with Crippen molar-refractivity contribution in [2.45, 2.75) is 170 Å². The van der Waals surface area contributed by atoms with Crippen molar-refractivity contribution >= 4 is 47.0 Å². The topological polar surface area (TPSA) is 338 Å². The van der Waals surface area contributed by atoms with Gasteiger partial charge in [-0.15, -0.1) is 0 Å². The molecule has 12 unspecified atom stereocenters. The van der Waals surface area contributed by atoms with Crippen molar-refractivity contribution in [3.8, 4) is 11.5 Å². The highest BCUT2D eigenvalue weighted by Crippen LogP contribution is 2.38. The van der Waals surface area contributed by atoms with E-state index >= 15 is 4.79 Å². The molecule has 4 aliphatic heterocycles. The largest absolute Gasteiger partial charge is 0.497 e. The molecule has 2 aliphatic carbocycles. The number of nitrogens with one attached hydrogen (secondary N) is 6. The van der Waals surface area contributed by atoms with Gasteiger partial charge in [-0.3, -0.25) is 48.2 Å². The lowest BCUT2D eigenvalue weighted by Gasteiger charge is -2.34. The molecule has 0 bridgehead atoms. The second-order valence-electron chi connectivity index (χ2n) is 24.5. The number of ketones is 2. The monoisotopic (exact) mass is 1240 g/mol. The molecule has 12 atom stereocenters. The maximum absolute atomic E-state index is 15.0. The zero-order chi connectivity index (χ0) is 63.8. The maximum atomic E-state index is 15.0. The number of amides is 6. The highest BCUT2D eigenvalue weighted by atomic mass is 16.6. The van der Waals surface area contributed by atoms with E-state index in [0.29, 0.717) is 49.8 Å². The summed E-state index contributed by atoms with van der Waals surface area (Å²) in [5.41, 5.74) is 0.348. The first-order valence-corrected chi connectivity index (χ1v) is 31.1. The molecular formula is C64H90N8O17. The summed E-state index contributed by atoms with van der Waals surface area (Å²) in [6.07, 6.45) is 6.24. The van der Waals surface area contributed by atoms with E-state index in [4.69, 9.17) is 28.4 Å².